The van der Waals surface area contributed by atoms with Gasteiger partial charge in [-0.05, 0) is 36.8 Å². The van der Waals surface area contributed by atoms with Crippen molar-refractivity contribution in [2.24, 2.45) is 0 Å². The summed E-state index contributed by atoms with van der Waals surface area (Å²) in [6.07, 6.45) is 1.68. The molecule has 1 aliphatic rings. The molecular weight excluding hydrogens is 436 g/mol. The number of carbonyl (C=O) groups is 2. The highest BCUT2D eigenvalue weighted by molar-refractivity contribution is 6.03. The normalized spacial score (nSPS) is 13.4. The number of nitrogens with one attached hydrogen (secondary N) is 1. The molecule has 0 bridgehead atoms. The van der Waals surface area contributed by atoms with E-state index in [9.17, 15) is 9.59 Å². The lowest BCUT2D eigenvalue weighted by molar-refractivity contribution is -0.140. The number of esters is 2. The maximum absolute atomic E-state index is 12.6. The second kappa shape index (κ2) is 10.1. The van der Waals surface area contributed by atoms with Crippen LogP contribution < -0.4 is 10.2 Å². The Hall–Kier alpha value is -4.24. The molecule has 34 heavy (non-hydrogen) atoms. The van der Waals surface area contributed by atoms with E-state index in [4.69, 9.17) is 14.2 Å². The van der Waals surface area contributed by atoms with Gasteiger partial charge in [-0.15, -0.1) is 0 Å². The van der Waals surface area contributed by atoms with Crippen molar-refractivity contribution in [2.75, 3.05) is 37.8 Å². The molecule has 3 aromatic rings. The summed E-state index contributed by atoms with van der Waals surface area (Å²) in [4.78, 5) is 35.4. The predicted molar refractivity (Wildman–Crippen MR) is 126 cm³/mol. The second-order valence-corrected chi connectivity index (χ2v) is 7.47. The Morgan fingerprint density at radius 3 is 2.59 bits per heavy atom. The Labute approximate surface area is 197 Å². The van der Waals surface area contributed by atoms with Gasteiger partial charge in [0.25, 0.3) is 0 Å². The Morgan fingerprint density at radius 2 is 1.82 bits per heavy atom. The Kier molecular flexibility index (Phi) is 6.84. The minimum atomic E-state index is -0.658. The van der Waals surface area contributed by atoms with E-state index in [0.717, 1.165) is 16.8 Å². The number of rotatable bonds is 6. The number of aromatic nitrogens is 2. The zero-order valence-electron chi connectivity index (χ0n) is 19.1. The van der Waals surface area contributed by atoms with Crippen LogP contribution in [0.4, 0.5) is 17.2 Å². The van der Waals surface area contributed by atoms with E-state index in [-0.39, 0.29) is 24.6 Å². The fourth-order valence-electron chi connectivity index (χ4n) is 3.58. The van der Waals surface area contributed by atoms with E-state index in [2.05, 4.69) is 15.3 Å². The summed E-state index contributed by atoms with van der Waals surface area (Å²) in [5.74, 6) is -0.168. The Bertz CT molecular complexity index is 1260. The number of aryl methyl sites for hydroxylation is 1. The lowest BCUT2D eigenvalue weighted by Crippen LogP contribution is -2.38. The second-order valence-electron chi connectivity index (χ2n) is 7.47. The van der Waals surface area contributed by atoms with E-state index >= 15 is 0 Å². The highest BCUT2D eigenvalue weighted by atomic mass is 16.5. The molecule has 0 amide bonds. The molecule has 0 unspecified atom stereocenters. The van der Waals surface area contributed by atoms with Gasteiger partial charge in [0, 0.05) is 23.1 Å². The number of nitrogens with zero attached hydrogens (tertiary/aromatic N) is 3. The predicted octanol–water partition coefficient (Wildman–Crippen LogP) is 3.59. The fourth-order valence-corrected chi connectivity index (χ4v) is 3.58. The van der Waals surface area contributed by atoms with Gasteiger partial charge in [0.2, 0.25) is 0 Å². The van der Waals surface area contributed by atoms with E-state index in [1.165, 1.54) is 14.2 Å². The fraction of sp³-hybridized carbons (Fsp3) is 0.200. The molecule has 0 saturated carbocycles. The molecule has 0 spiro atoms. The van der Waals surface area contributed by atoms with Gasteiger partial charge in [0.1, 0.15) is 18.2 Å². The van der Waals surface area contributed by atoms with Gasteiger partial charge < -0.3 is 24.4 Å². The van der Waals surface area contributed by atoms with Crippen LogP contribution in [0, 0.1) is 6.92 Å². The van der Waals surface area contributed by atoms with E-state index in [0.29, 0.717) is 17.3 Å². The Balaban J connectivity index is 1.69. The summed E-state index contributed by atoms with van der Waals surface area (Å²) in [5.41, 5.74) is 3.55. The lowest BCUT2D eigenvalue weighted by Gasteiger charge is -2.31. The molecule has 0 saturated heterocycles. The number of carbonyl (C=O) groups excluding carboxylic acids is 2. The first-order valence-corrected chi connectivity index (χ1v) is 10.5. The van der Waals surface area contributed by atoms with Gasteiger partial charge >= 0.3 is 11.9 Å². The molecular formula is C25H24N4O5. The van der Waals surface area contributed by atoms with Crippen LogP contribution in [0.3, 0.4) is 0 Å². The molecule has 0 radical (unpaired) electrons. The third kappa shape index (κ3) is 4.74. The van der Waals surface area contributed by atoms with Crippen molar-refractivity contribution in [3.8, 4) is 11.4 Å². The third-order valence-electron chi connectivity index (χ3n) is 5.31. The highest BCUT2D eigenvalue weighted by Crippen LogP contribution is 2.30. The van der Waals surface area contributed by atoms with Crippen LogP contribution in [0.1, 0.15) is 5.56 Å². The SMILES string of the molecule is COC(=O)C1=C(C(=O)OC)N(c2cccc(-c3nccc(Nc4ccccc4C)n3)c2)COC1. The van der Waals surface area contributed by atoms with Crippen LogP contribution in [0.15, 0.2) is 72.1 Å². The number of anilines is 3. The minimum absolute atomic E-state index is 0.0526. The van der Waals surface area contributed by atoms with Gasteiger partial charge in [-0.2, -0.15) is 0 Å². The zero-order valence-corrected chi connectivity index (χ0v) is 19.1. The summed E-state index contributed by atoms with van der Waals surface area (Å²) in [6.45, 7) is 2.02. The average Bonchev–Trinajstić information content (AvgIpc) is 2.89. The largest absolute Gasteiger partial charge is 0.466 e. The lowest BCUT2D eigenvalue weighted by atomic mass is 10.1. The Morgan fingerprint density at radius 1 is 1.03 bits per heavy atom. The third-order valence-corrected chi connectivity index (χ3v) is 5.31. The van der Waals surface area contributed by atoms with Crippen LogP contribution in [-0.4, -0.2) is 49.5 Å². The van der Waals surface area contributed by atoms with Gasteiger partial charge in [0.15, 0.2) is 5.82 Å². The van der Waals surface area contributed by atoms with Gasteiger partial charge in [0.05, 0.1) is 26.4 Å². The monoisotopic (exact) mass is 460 g/mol. The van der Waals surface area contributed by atoms with E-state index in [1.54, 1.807) is 23.2 Å². The maximum Gasteiger partial charge on any atom is 0.355 e. The molecule has 1 aliphatic heterocycles. The summed E-state index contributed by atoms with van der Waals surface area (Å²) >= 11 is 0. The van der Waals surface area contributed by atoms with Crippen LogP contribution in [0.25, 0.3) is 11.4 Å². The van der Waals surface area contributed by atoms with Crippen molar-refractivity contribution in [1.82, 2.24) is 9.97 Å². The number of ether oxygens (including phenoxy) is 3. The molecule has 4 rings (SSSR count). The van der Waals surface area contributed by atoms with Crippen LogP contribution in [0.2, 0.25) is 0 Å². The molecule has 174 valence electrons. The van der Waals surface area contributed by atoms with Crippen molar-refractivity contribution in [3.63, 3.8) is 0 Å². The van der Waals surface area contributed by atoms with Crippen LogP contribution in [0.5, 0.6) is 0 Å². The van der Waals surface area contributed by atoms with Gasteiger partial charge in [-0.3, -0.25) is 0 Å². The summed E-state index contributed by atoms with van der Waals surface area (Å²) < 4.78 is 15.3. The maximum atomic E-state index is 12.6. The molecule has 0 aliphatic carbocycles. The van der Waals surface area contributed by atoms with Crippen LogP contribution >= 0.6 is 0 Å². The summed E-state index contributed by atoms with van der Waals surface area (Å²) in [6, 6.07) is 17.0. The first-order valence-electron chi connectivity index (χ1n) is 10.5. The van der Waals surface area contributed by atoms with Crippen LogP contribution in [-0.2, 0) is 23.8 Å². The number of hydrogen-bond donors (Lipinski definition) is 1. The number of benzene rings is 2. The average molecular weight is 460 g/mol. The smallest absolute Gasteiger partial charge is 0.355 e. The molecule has 2 aromatic carbocycles. The first-order chi connectivity index (χ1) is 16.5. The minimum Gasteiger partial charge on any atom is -0.466 e. The van der Waals surface area contributed by atoms with E-state index in [1.807, 2.05) is 49.4 Å². The van der Waals surface area contributed by atoms with Gasteiger partial charge in [-0.25, -0.2) is 19.6 Å². The molecule has 2 heterocycles. The number of methoxy groups -OCH3 is 2. The van der Waals surface area contributed by atoms with Crippen molar-refractivity contribution in [2.45, 2.75) is 6.92 Å². The van der Waals surface area contributed by atoms with Gasteiger partial charge in [-0.1, -0.05) is 30.3 Å². The first kappa shape index (κ1) is 22.9. The summed E-state index contributed by atoms with van der Waals surface area (Å²) in [7, 11) is 2.51. The molecule has 0 fully saturated rings. The number of hydrogen-bond acceptors (Lipinski definition) is 9. The number of para-hydroxylation sites is 1. The summed E-state index contributed by atoms with van der Waals surface area (Å²) in [5, 5.41) is 3.31. The van der Waals surface area contributed by atoms with Crippen molar-refractivity contribution >= 4 is 29.1 Å². The highest BCUT2D eigenvalue weighted by Gasteiger charge is 2.32. The topological polar surface area (TPSA) is 103 Å². The molecule has 1 aromatic heterocycles. The molecule has 0 atom stereocenters. The molecule has 9 heteroatoms. The standard InChI is InChI=1S/C25H24N4O5/c1-16-7-4-5-10-20(16)27-21-11-12-26-23(28-21)17-8-6-9-18(13-17)29-15-34-14-19(24(30)32-2)22(29)25(31)33-3/h4-13H,14-15H2,1-3H3,(H,26,27,28). The van der Waals surface area contributed by atoms with E-state index < -0.39 is 11.9 Å². The van der Waals surface area contributed by atoms with Crippen molar-refractivity contribution in [1.29, 1.82) is 0 Å². The molecule has 9 nitrogen and oxygen atoms in total. The van der Waals surface area contributed by atoms with Crippen molar-refractivity contribution in [3.05, 3.63) is 77.6 Å². The zero-order chi connectivity index (χ0) is 24.1. The molecule has 1 N–H and O–H groups in total. The quantitative estimate of drug-likeness (QED) is 0.553. The van der Waals surface area contributed by atoms with Crippen molar-refractivity contribution < 1.29 is 23.8 Å².